The largest absolute Gasteiger partial charge is 0.364 e. The summed E-state index contributed by atoms with van der Waals surface area (Å²) in [5.74, 6) is -1.67. The summed E-state index contributed by atoms with van der Waals surface area (Å²) in [7, 11) is 0. The topological polar surface area (TPSA) is 90.9 Å². The van der Waals surface area contributed by atoms with Crippen LogP contribution in [-0.4, -0.2) is 20.7 Å². The minimum absolute atomic E-state index is 0.00347. The van der Waals surface area contributed by atoms with Gasteiger partial charge >= 0.3 is 0 Å². The zero-order chi connectivity index (χ0) is 17.6. The fourth-order valence-electron chi connectivity index (χ4n) is 2.33. The molecule has 0 bridgehead atoms. The maximum absolute atomic E-state index is 14.3. The van der Waals surface area contributed by atoms with E-state index in [4.69, 9.17) is 17.3 Å². The fraction of sp³-hybridized carbons (Fsp3) is 0.125. The Bertz CT molecular complexity index is 1060. The van der Waals surface area contributed by atoms with E-state index < -0.39 is 22.8 Å². The van der Waals surface area contributed by atoms with E-state index in [-0.39, 0.29) is 21.7 Å². The van der Waals surface area contributed by atoms with Gasteiger partial charge in [0, 0.05) is 10.7 Å². The molecule has 24 heavy (non-hydrogen) atoms. The van der Waals surface area contributed by atoms with E-state index in [0.29, 0.717) is 5.69 Å². The Morgan fingerprint density at radius 2 is 2.00 bits per heavy atom. The van der Waals surface area contributed by atoms with E-state index in [0.717, 1.165) is 16.3 Å². The second-order valence-electron chi connectivity index (χ2n) is 5.31. The van der Waals surface area contributed by atoms with E-state index in [9.17, 15) is 14.0 Å². The van der Waals surface area contributed by atoms with Crippen molar-refractivity contribution in [2.24, 2.45) is 5.73 Å². The first kappa shape index (κ1) is 16.1. The standard InChI is InChI=1S/C16H12ClFN4O2/c1-7-5-12-13(20-8(7)2)15(23)14(16(19)24)21-22(12)11-4-3-9(17)6-10(11)18/h3-6H,1-2H3,(H2,19,24). The lowest BCUT2D eigenvalue weighted by Crippen LogP contribution is -2.28. The highest BCUT2D eigenvalue weighted by atomic mass is 35.5. The van der Waals surface area contributed by atoms with Crippen LogP contribution < -0.4 is 11.2 Å². The molecule has 0 saturated heterocycles. The Kier molecular flexibility index (Phi) is 3.81. The zero-order valence-electron chi connectivity index (χ0n) is 12.8. The normalized spacial score (nSPS) is 11.0. The summed E-state index contributed by atoms with van der Waals surface area (Å²) in [4.78, 5) is 28.2. The number of hydrogen-bond donors (Lipinski definition) is 1. The minimum atomic E-state index is -1.01. The molecule has 122 valence electrons. The van der Waals surface area contributed by atoms with Crippen molar-refractivity contribution in [1.29, 1.82) is 0 Å². The van der Waals surface area contributed by atoms with Crippen molar-refractivity contribution in [1.82, 2.24) is 14.8 Å². The Morgan fingerprint density at radius 3 is 2.62 bits per heavy atom. The highest BCUT2D eigenvalue weighted by Gasteiger charge is 2.19. The minimum Gasteiger partial charge on any atom is -0.364 e. The molecule has 6 nitrogen and oxygen atoms in total. The van der Waals surface area contributed by atoms with Crippen molar-refractivity contribution in [3.63, 3.8) is 0 Å². The first-order valence-corrected chi connectivity index (χ1v) is 7.34. The number of hydrogen-bond acceptors (Lipinski definition) is 4. The molecule has 0 atom stereocenters. The second kappa shape index (κ2) is 5.68. The average Bonchev–Trinajstić information content (AvgIpc) is 2.50. The van der Waals surface area contributed by atoms with Gasteiger partial charge in [0.05, 0.1) is 5.52 Å². The quantitative estimate of drug-likeness (QED) is 0.770. The van der Waals surface area contributed by atoms with Gasteiger partial charge in [0.2, 0.25) is 5.43 Å². The van der Waals surface area contributed by atoms with Gasteiger partial charge in [0.15, 0.2) is 5.69 Å². The number of benzene rings is 1. The van der Waals surface area contributed by atoms with Crippen molar-refractivity contribution >= 4 is 28.5 Å². The van der Waals surface area contributed by atoms with Crippen LogP contribution in [0.1, 0.15) is 21.7 Å². The summed E-state index contributed by atoms with van der Waals surface area (Å²) in [5.41, 5.74) is 5.73. The molecule has 0 aliphatic heterocycles. The molecule has 3 aromatic rings. The molecule has 0 spiro atoms. The van der Waals surface area contributed by atoms with E-state index in [2.05, 4.69) is 10.1 Å². The first-order chi connectivity index (χ1) is 11.3. The average molecular weight is 347 g/mol. The molecular weight excluding hydrogens is 335 g/mol. The van der Waals surface area contributed by atoms with Crippen LogP contribution in [0.4, 0.5) is 4.39 Å². The molecule has 2 aromatic heterocycles. The number of aromatic nitrogens is 3. The van der Waals surface area contributed by atoms with Gasteiger partial charge in [-0.1, -0.05) is 11.6 Å². The van der Waals surface area contributed by atoms with Crippen LogP contribution in [0.15, 0.2) is 29.1 Å². The van der Waals surface area contributed by atoms with Crippen LogP contribution in [0.25, 0.3) is 16.7 Å². The van der Waals surface area contributed by atoms with E-state index in [1.165, 1.54) is 12.1 Å². The number of carbonyl (C=O) groups excluding carboxylic acids is 1. The highest BCUT2D eigenvalue weighted by molar-refractivity contribution is 6.30. The van der Waals surface area contributed by atoms with Gasteiger partial charge in [-0.05, 0) is 43.7 Å². The number of amides is 1. The molecule has 0 saturated carbocycles. The van der Waals surface area contributed by atoms with E-state index in [1.807, 2.05) is 0 Å². The Labute approximate surface area is 140 Å². The maximum atomic E-state index is 14.3. The Balaban J connectivity index is 2.50. The third kappa shape index (κ3) is 2.52. The maximum Gasteiger partial charge on any atom is 0.273 e. The van der Waals surface area contributed by atoms with Gasteiger partial charge in [-0.15, -0.1) is 0 Å². The molecule has 8 heteroatoms. The van der Waals surface area contributed by atoms with Crippen LogP contribution in [0.5, 0.6) is 0 Å². The SMILES string of the molecule is Cc1cc2c(nc1C)c(=O)c(C(N)=O)nn2-c1ccc(Cl)cc1F. The van der Waals surface area contributed by atoms with Crippen molar-refractivity contribution in [3.05, 3.63) is 62.3 Å². The number of nitrogens with two attached hydrogens (primary N) is 1. The smallest absolute Gasteiger partial charge is 0.273 e. The number of pyridine rings is 1. The van der Waals surface area contributed by atoms with Crippen LogP contribution in [-0.2, 0) is 0 Å². The molecule has 0 unspecified atom stereocenters. The molecule has 0 aliphatic carbocycles. The Hall–Kier alpha value is -2.80. The predicted octanol–water partition coefficient (Wildman–Crippen LogP) is 2.29. The van der Waals surface area contributed by atoms with Gasteiger partial charge in [0.1, 0.15) is 17.0 Å². The van der Waals surface area contributed by atoms with Gasteiger partial charge in [0.25, 0.3) is 5.91 Å². The molecule has 0 radical (unpaired) electrons. The Morgan fingerprint density at radius 1 is 1.29 bits per heavy atom. The number of primary amides is 1. The van der Waals surface area contributed by atoms with Gasteiger partial charge < -0.3 is 5.73 Å². The van der Waals surface area contributed by atoms with Crippen LogP contribution in [0.2, 0.25) is 5.02 Å². The monoisotopic (exact) mass is 346 g/mol. The third-order valence-electron chi connectivity index (χ3n) is 3.68. The number of carbonyl (C=O) groups is 1. The molecule has 0 aliphatic rings. The van der Waals surface area contributed by atoms with Crippen molar-refractivity contribution in [2.45, 2.75) is 13.8 Å². The van der Waals surface area contributed by atoms with Crippen LogP contribution in [0, 0.1) is 19.7 Å². The summed E-state index contributed by atoms with van der Waals surface area (Å²) < 4.78 is 15.5. The molecule has 1 amide bonds. The molecular formula is C16H12ClFN4O2. The van der Waals surface area contributed by atoms with Gasteiger partial charge in [-0.2, -0.15) is 5.10 Å². The number of nitrogens with zero attached hydrogens (tertiary/aromatic N) is 3. The summed E-state index contributed by atoms with van der Waals surface area (Å²) in [6.07, 6.45) is 0. The highest BCUT2D eigenvalue weighted by Crippen LogP contribution is 2.22. The van der Waals surface area contributed by atoms with Crippen LogP contribution in [0.3, 0.4) is 0 Å². The van der Waals surface area contributed by atoms with Crippen molar-refractivity contribution in [2.75, 3.05) is 0 Å². The zero-order valence-corrected chi connectivity index (χ0v) is 13.6. The van der Waals surface area contributed by atoms with Gasteiger partial charge in [-0.25, -0.2) is 14.1 Å². The lowest BCUT2D eigenvalue weighted by Gasteiger charge is -2.13. The number of rotatable bonds is 2. The summed E-state index contributed by atoms with van der Waals surface area (Å²) in [5, 5.41) is 4.15. The molecule has 2 heterocycles. The fourth-order valence-corrected chi connectivity index (χ4v) is 2.49. The summed E-state index contributed by atoms with van der Waals surface area (Å²) in [6, 6.07) is 5.64. The predicted molar refractivity (Wildman–Crippen MR) is 88.1 cm³/mol. The van der Waals surface area contributed by atoms with E-state index >= 15 is 0 Å². The summed E-state index contributed by atoms with van der Waals surface area (Å²) >= 11 is 5.77. The molecule has 1 aromatic carbocycles. The van der Waals surface area contributed by atoms with Crippen molar-refractivity contribution in [3.8, 4) is 5.69 Å². The number of fused-ring (bicyclic) bond motifs is 1. The molecule has 2 N–H and O–H groups in total. The van der Waals surface area contributed by atoms with Crippen molar-refractivity contribution < 1.29 is 9.18 Å². The lowest BCUT2D eigenvalue weighted by molar-refractivity contribution is 0.0993. The van der Waals surface area contributed by atoms with Gasteiger partial charge in [-0.3, -0.25) is 9.59 Å². The summed E-state index contributed by atoms with van der Waals surface area (Å²) in [6.45, 7) is 3.53. The van der Waals surface area contributed by atoms with E-state index in [1.54, 1.807) is 19.9 Å². The third-order valence-corrected chi connectivity index (χ3v) is 3.91. The first-order valence-electron chi connectivity index (χ1n) is 6.96. The number of halogens is 2. The molecule has 0 fully saturated rings. The number of aryl methyl sites for hydroxylation is 2. The second-order valence-corrected chi connectivity index (χ2v) is 5.74. The lowest BCUT2D eigenvalue weighted by atomic mass is 10.1. The molecule has 3 rings (SSSR count). The van der Waals surface area contributed by atoms with Crippen LogP contribution >= 0.6 is 11.6 Å².